The van der Waals surface area contributed by atoms with Crippen molar-refractivity contribution in [1.82, 2.24) is 10.6 Å². The first kappa shape index (κ1) is 21.6. The van der Waals surface area contributed by atoms with Gasteiger partial charge in [0, 0.05) is 18.6 Å². The van der Waals surface area contributed by atoms with Crippen molar-refractivity contribution in [3.05, 3.63) is 0 Å². The molecule has 120 valence electrons. The van der Waals surface area contributed by atoms with E-state index in [4.69, 9.17) is 10.5 Å². The minimum Gasteiger partial charge on any atom is -0.444 e. The number of hydrogen-bond donors (Lipinski definition) is 3. The van der Waals surface area contributed by atoms with Gasteiger partial charge in [0.25, 0.3) is 0 Å². The summed E-state index contributed by atoms with van der Waals surface area (Å²) in [5.74, 6) is 0.421. The first-order valence-electron chi connectivity index (χ1n) is 6.54. The molecule has 0 aliphatic carbocycles. The zero-order valence-electron chi connectivity index (χ0n) is 13.4. The summed E-state index contributed by atoms with van der Waals surface area (Å²) in [6.07, 6.45) is 0.309. The summed E-state index contributed by atoms with van der Waals surface area (Å²) in [6.45, 7) is 12.6. The van der Waals surface area contributed by atoms with Crippen LogP contribution in [0, 0.1) is 0 Å². The molecule has 0 aromatic carbocycles. The fourth-order valence-electron chi connectivity index (χ4n) is 1.21. The van der Waals surface area contributed by atoms with Gasteiger partial charge >= 0.3 is 6.09 Å². The van der Waals surface area contributed by atoms with Crippen LogP contribution in [-0.4, -0.2) is 36.3 Å². The average molecular weight is 400 g/mol. The lowest BCUT2D eigenvalue weighted by Crippen LogP contribution is -2.45. The minimum atomic E-state index is -0.469. The van der Waals surface area contributed by atoms with Gasteiger partial charge in [-0.1, -0.05) is 0 Å². The van der Waals surface area contributed by atoms with Crippen LogP contribution in [0.15, 0.2) is 4.99 Å². The van der Waals surface area contributed by atoms with Crippen molar-refractivity contribution in [3.8, 4) is 0 Å². The van der Waals surface area contributed by atoms with Gasteiger partial charge in [0.2, 0.25) is 0 Å². The molecule has 0 fully saturated rings. The van der Waals surface area contributed by atoms with Crippen LogP contribution < -0.4 is 16.4 Å². The fourth-order valence-corrected chi connectivity index (χ4v) is 1.21. The van der Waals surface area contributed by atoms with Crippen LogP contribution in [0.5, 0.6) is 0 Å². The number of hydrogen-bond acceptors (Lipinski definition) is 3. The van der Waals surface area contributed by atoms with Crippen molar-refractivity contribution in [1.29, 1.82) is 0 Å². The maximum absolute atomic E-state index is 11.3. The van der Waals surface area contributed by atoms with E-state index in [0.29, 0.717) is 25.5 Å². The smallest absolute Gasteiger partial charge is 0.407 e. The van der Waals surface area contributed by atoms with Gasteiger partial charge in [-0.2, -0.15) is 0 Å². The molecule has 0 spiro atoms. The Morgan fingerprint density at radius 2 is 1.75 bits per heavy atom. The van der Waals surface area contributed by atoms with Crippen LogP contribution >= 0.6 is 24.0 Å². The van der Waals surface area contributed by atoms with E-state index in [1.807, 2.05) is 41.5 Å². The third kappa shape index (κ3) is 15.3. The van der Waals surface area contributed by atoms with Crippen LogP contribution in [0.25, 0.3) is 0 Å². The Hall–Kier alpha value is -0.730. The molecule has 1 amide bonds. The first-order valence-corrected chi connectivity index (χ1v) is 6.54. The normalized spacial score (nSPS) is 12.4. The Balaban J connectivity index is 0. The number of halogens is 1. The van der Waals surface area contributed by atoms with Gasteiger partial charge in [-0.15, -0.1) is 24.0 Å². The standard InChI is InChI=1S/C13H28N4O2.HI/c1-12(2,3)17-10(14)15-8-7-9-16-11(18)19-13(4,5)6;/h7-9H2,1-6H3,(H,16,18)(H3,14,15,17);1H. The SMILES string of the molecule is CC(C)(C)NC(N)=NCCCNC(=O)OC(C)(C)C.I. The second-order valence-electron chi connectivity index (χ2n) is 6.42. The van der Waals surface area contributed by atoms with E-state index in [1.54, 1.807) is 0 Å². The summed E-state index contributed by atoms with van der Waals surface area (Å²) < 4.78 is 5.11. The number of rotatable bonds is 4. The second-order valence-corrected chi connectivity index (χ2v) is 6.42. The summed E-state index contributed by atoms with van der Waals surface area (Å²) in [5, 5.41) is 5.74. The second kappa shape index (κ2) is 9.25. The van der Waals surface area contributed by atoms with E-state index in [0.717, 1.165) is 0 Å². The monoisotopic (exact) mass is 400 g/mol. The number of nitrogens with two attached hydrogens (primary N) is 1. The summed E-state index contributed by atoms with van der Waals surface area (Å²) in [4.78, 5) is 15.5. The van der Waals surface area contributed by atoms with E-state index in [-0.39, 0.29) is 29.5 Å². The Morgan fingerprint density at radius 1 is 1.20 bits per heavy atom. The molecule has 6 nitrogen and oxygen atoms in total. The van der Waals surface area contributed by atoms with Gasteiger partial charge < -0.3 is 21.1 Å². The molecule has 0 unspecified atom stereocenters. The summed E-state index contributed by atoms with van der Waals surface area (Å²) in [5.41, 5.74) is 5.15. The highest BCUT2D eigenvalue weighted by Gasteiger charge is 2.15. The summed E-state index contributed by atoms with van der Waals surface area (Å²) in [7, 11) is 0. The number of aliphatic imine (C=N–C) groups is 1. The van der Waals surface area contributed by atoms with Crippen molar-refractivity contribution < 1.29 is 9.53 Å². The summed E-state index contributed by atoms with van der Waals surface area (Å²) in [6, 6.07) is 0. The number of carbonyl (C=O) groups is 1. The van der Waals surface area contributed by atoms with E-state index in [9.17, 15) is 4.79 Å². The molecule has 4 N–H and O–H groups in total. The molecule has 0 aromatic rings. The third-order valence-electron chi connectivity index (χ3n) is 1.79. The topological polar surface area (TPSA) is 88.7 Å². The Kier molecular flexibility index (Phi) is 9.98. The van der Waals surface area contributed by atoms with Crippen molar-refractivity contribution >= 4 is 36.0 Å². The molecule has 7 heteroatoms. The molecule has 0 aliphatic heterocycles. The number of nitrogens with one attached hydrogen (secondary N) is 2. The van der Waals surface area contributed by atoms with Crippen LogP contribution in [0.1, 0.15) is 48.0 Å². The fraction of sp³-hybridized carbons (Fsp3) is 0.846. The Bertz CT molecular complexity index is 319. The molecular weight excluding hydrogens is 371 g/mol. The maximum atomic E-state index is 11.3. The molecule has 0 radical (unpaired) electrons. The lowest BCUT2D eigenvalue weighted by molar-refractivity contribution is 0.0527. The van der Waals surface area contributed by atoms with Gasteiger partial charge in [0.15, 0.2) is 5.96 Å². The molecule has 0 heterocycles. The summed E-state index contributed by atoms with van der Waals surface area (Å²) >= 11 is 0. The first-order chi connectivity index (χ1) is 8.49. The van der Waals surface area contributed by atoms with E-state index in [2.05, 4.69) is 15.6 Å². The van der Waals surface area contributed by atoms with Crippen LogP contribution in [0.2, 0.25) is 0 Å². The van der Waals surface area contributed by atoms with E-state index >= 15 is 0 Å². The van der Waals surface area contributed by atoms with Crippen LogP contribution in [-0.2, 0) is 4.74 Å². The molecule has 0 rings (SSSR count). The predicted octanol–water partition coefficient (Wildman–Crippen LogP) is 2.22. The van der Waals surface area contributed by atoms with E-state index in [1.165, 1.54) is 0 Å². The minimum absolute atomic E-state index is 0. The van der Waals surface area contributed by atoms with Gasteiger partial charge in [0.1, 0.15) is 5.60 Å². The van der Waals surface area contributed by atoms with Crippen molar-refractivity contribution in [2.24, 2.45) is 10.7 Å². The van der Waals surface area contributed by atoms with Crippen molar-refractivity contribution in [2.75, 3.05) is 13.1 Å². The highest BCUT2D eigenvalue weighted by Crippen LogP contribution is 2.06. The van der Waals surface area contributed by atoms with Gasteiger partial charge in [0.05, 0.1) is 0 Å². The Morgan fingerprint density at radius 3 is 2.20 bits per heavy atom. The highest BCUT2D eigenvalue weighted by atomic mass is 127. The lowest BCUT2D eigenvalue weighted by atomic mass is 10.1. The molecule has 0 aliphatic rings. The van der Waals surface area contributed by atoms with Crippen molar-refractivity contribution in [3.63, 3.8) is 0 Å². The molecule has 20 heavy (non-hydrogen) atoms. The van der Waals surface area contributed by atoms with E-state index < -0.39 is 11.7 Å². The molecule has 0 bridgehead atoms. The van der Waals surface area contributed by atoms with Crippen molar-refractivity contribution in [2.45, 2.75) is 59.1 Å². The number of alkyl carbamates (subject to hydrolysis) is 1. The quantitative estimate of drug-likeness (QED) is 0.292. The number of amides is 1. The zero-order chi connectivity index (χ0) is 15.1. The molecular formula is C13H29IN4O2. The molecule has 0 saturated heterocycles. The largest absolute Gasteiger partial charge is 0.444 e. The number of carbonyl (C=O) groups excluding carboxylic acids is 1. The average Bonchev–Trinajstić information content (AvgIpc) is 2.10. The van der Waals surface area contributed by atoms with Crippen LogP contribution in [0.3, 0.4) is 0 Å². The zero-order valence-corrected chi connectivity index (χ0v) is 15.7. The maximum Gasteiger partial charge on any atom is 0.407 e. The lowest BCUT2D eigenvalue weighted by Gasteiger charge is -2.21. The van der Waals surface area contributed by atoms with Crippen LogP contribution in [0.4, 0.5) is 4.79 Å². The van der Waals surface area contributed by atoms with Gasteiger partial charge in [-0.05, 0) is 48.0 Å². The number of nitrogens with zero attached hydrogens (tertiary/aromatic N) is 1. The predicted molar refractivity (Wildman–Crippen MR) is 93.6 cm³/mol. The third-order valence-corrected chi connectivity index (χ3v) is 1.79. The number of ether oxygens (including phenoxy) is 1. The molecule has 0 aromatic heterocycles. The molecule has 0 atom stereocenters. The number of guanidine groups is 1. The van der Waals surface area contributed by atoms with Gasteiger partial charge in [-0.3, -0.25) is 4.99 Å². The Labute approximate surface area is 139 Å². The highest BCUT2D eigenvalue weighted by molar-refractivity contribution is 14.0. The molecule has 0 saturated carbocycles. The van der Waals surface area contributed by atoms with Gasteiger partial charge in [-0.25, -0.2) is 4.79 Å².